The topological polar surface area (TPSA) is 75.5 Å². The van der Waals surface area contributed by atoms with E-state index in [0.29, 0.717) is 22.4 Å². The number of thioether (sulfide) groups is 1. The van der Waals surface area contributed by atoms with Gasteiger partial charge in [0, 0.05) is 29.9 Å². The van der Waals surface area contributed by atoms with Gasteiger partial charge in [-0.25, -0.2) is 4.98 Å². The molecule has 0 aliphatic carbocycles. The Hall–Kier alpha value is -1.38. The van der Waals surface area contributed by atoms with E-state index in [4.69, 9.17) is 0 Å². The Morgan fingerprint density at radius 1 is 1.57 bits per heavy atom. The van der Waals surface area contributed by atoms with Gasteiger partial charge >= 0.3 is 0 Å². The van der Waals surface area contributed by atoms with Crippen molar-refractivity contribution >= 4 is 34.0 Å². The smallest absolute Gasteiger partial charge is 0.258 e. The van der Waals surface area contributed by atoms with Gasteiger partial charge in [-0.1, -0.05) is 0 Å². The van der Waals surface area contributed by atoms with Gasteiger partial charge in [-0.05, 0) is 31.8 Å². The molecule has 2 aromatic heterocycles. The Bertz CT molecular complexity index is 722. The van der Waals surface area contributed by atoms with E-state index < -0.39 is 0 Å². The zero-order valence-corrected chi connectivity index (χ0v) is 14.4. The summed E-state index contributed by atoms with van der Waals surface area (Å²) >= 11 is 2.92. The Labute approximate surface area is 142 Å². The summed E-state index contributed by atoms with van der Waals surface area (Å²) in [6.07, 6.45) is 3.97. The van der Waals surface area contributed by atoms with Crippen molar-refractivity contribution in [1.29, 1.82) is 0 Å². The number of fused-ring (bicyclic) bond motifs is 1. The van der Waals surface area contributed by atoms with Gasteiger partial charge in [-0.2, -0.15) is 0 Å². The van der Waals surface area contributed by atoms with Crippen molar-refractivity contribution in [1.82, 2.24) is 20.0 Å². The minimum absolute atomic E-state index is 0.0508. The largest absolute Gasteiger partial charge is 0.355 e. The molecule has 0 spiro atoms. The Balaban J connectivity index is 1.39. The second-order valence-corrected chi connectivity index (χ2v) is 7.49. The van der Waals surface area contributed by atoms with Crippen LogP contribution >= 0.6 is 23.1 Å². The molecule has 1 atom stereocenters. The molecule has 124 valence electrons. The van der Waals surface area contributed by atoms with E-state index in [1.54, 1.807) is 6.20 Å². The molecule has 3 heterocycles. The van der Waals surface area contributed by atoms with Crippen LogP contribution in [0.25, 0.3) is 4.96 Å². The first-order chi connectivity index (χ1) is 11.2. The lowest BCUT2D eigenvalue weighted by atomic mass is 10.1. The van der Waals surface area contributed by atoms with Gasteiger partial charge in [-0.15, -0.1) is 23.1 Å². The molecule has 0 aromatic carbocycles. The molecule has 1 amide bonds. The zero-order valence-electron chi connectivity index (χ0n) is 12.8. The highest BCUT2D eigenvalue weighted by Crippen LogP contribution is 2.13. The lowest BCUT2D eigenvalue weighted by molar-refractivity contribution is -0.118. The Morgan fingerprint density at radius 2 is 2.48 bits per heavy atom. The number of rotatable bonds is 7. The molecule has 0 bridgehead atoms. The minimum Gasteiger partial charge on any atom is -0.355 e. The van der Waals surface area contributed by atoms with Crippen molar-refractivity contribution < 1.29 is 4.79 Å². The molecule has 23 heavy (non-hydrogen) atoms. The molecule has 6 nitrogen and oxygen atoms in total. The molecule has 8 heteroatoms. The van der Waals surface area contributed by atoms with E-state index in [-0.39, 0.29) is 11.5 Å². The molecular weight excluding hydrogens is 332 g/mol. The SMILES string of the molecule is O=C(CSCc1cc(=O)n2ccsc2n1)NCCC1CCNC1. The van der Waals surface area contributed by atoms with Crippen LogP contribution in [0.3, 0.4) is 0 Å². The third kappa shape index (κ3) is 4.55. The lowest BCUT2D eigenvalue weighted by Crippen LogP contribution is -2.28. The summed E-state index contributed by atoms with van der Waals surface area (Å²) in [5, 5.41) is 8.13. The number of nitrogens with zero attached hydrogens (tertiary/aromatic N) is 2. The Kier molecular flexibility index (Phi) is 5.69. The molecule has 0 radical (unpaired) electrons. The van der Waals surface area contributed by atoms with E-state index in [9.17, 15) is 9.59 Å². The van der Waals surface area contributed by atoms with Crippen LogP contribution in [0.1, 0.15) is 18.5 Å². The number of hydrogen-bond acceptors (Lipinski definition) is 6. The van der Waals surface area contributed by atoms with Crippen molar-refractivity contribution in [2.75, 3.05) is 25.4 Å². The van der Waals surface area contributed by atoms with Gasteiger partial charge in [0.25, 0.3) is 5.56 Å². The normalized spacial score (nSPS) is 17.7. The van der Waals surface area contributed by atoms with Crippen LogP contribution < -0.4 is 16.2 Å². The molecule has 1 aliphatic rings. The molecule has 1 saturated heterocycles. The third-order valence-electron chi connectivity index (χ3n) is 3.88. The van der Waals surface area contributed by atoms with E-state index in [1.807, 2.05) is 5.38 Å². The second kappa shape index (κ2) is 7.94. The minimum atomic E-state index is -0.0681. The number of carbonyl (C=O) groups excluding carboxylic acids is 1. The fourth-order valence-electron chi connectivity index (χ4n) is 2.64. The van der Waals surface area contributed by atoms with Crippen molar-refractivity contribution in [2.45, 2.75) is 18.6 Å². The van der Waals surface area contributed by atoms with E-state index in [2.05, 4.69) is 15.6 Å². The highest BCUT2D eigenvalue weighted by molar-refractivity contribution is 7.99. The summed E-state index contributed by atoms with van der Waals surface area (Å²) in [6.45, 7) is 2.90. The van der Waals surface area contributed by atoms with Crippen LogP contribution in [-0.4, -0.2) is 40.7 Å². The van der Waals surface area contributed by atoms with Gasteiger partial charge < -0.3 is 10.6 Å². The number of thiazole rings is 1. The molecular formula is C15H20N4O2S2. The maximum Gasteiger partial charge on any atom is 0.258 e. The first kappa shape index (κ1) is 16.5. The van der Waals surface area contributed by atoms with Crippen molar-refractivity contribution in [3.63, 3.8) is 0 Å². The molecule has 0 saturated carbocycles. The zero-order chi connectivity index (χ0) is 16.1. The monoisotopic (exact) mass is 352 g/mol. The number of nitrogens with one attached hydrogen (secondary N) is 2. The van der Waals surface area contributed by atoms with Crippen LogP contribution in [0.15, 0.2) is 22.4 Å². The highest BCUT2D eigenvalue weighted by atomic mass is 32.2. The van der Waals surface area contributed by atoms with Crippen LogP contribution in [0.5, 0.6) is 0 Å². The molecule has 1 unspecified atom stereocenters. The van der Waals surface area contributed by atoms with E-state index in [0.717, 1.165) is 31.7 Å². The van der Waals surface area contributed by atoms with Gasteiger partial charge in [0.15, 0.2) is 4.96 Å². The fraction of sp³-hybridized carbons (Fsp3) is 0.533. The van der Waals surface area contributed by atoms with Crippen molar-refractivity contribution in [2.24, 2.45) is 5.92 Å². The average Bonchev–Trinajstić information content (AvgIpc) is 3.18. The number of carbonyl (C=O) groups is 1. The average molecular weight is 352 g/mol. The van der Waals surface area contributed by atoms with Crippen molar-refractivity contribution in [3.05, 3.63) is 33.7 Å². The summed E-state index contributed by atoms with van der Waals surface area (Å²) in [5.41, 5.74) is 0.661. The van der Waals surface area contributed by atoms with E-state index >= 15 is 0 Å². The Morgan fingerprint density at radius 3 is 3.30 bits per heavy atom. The maximum atomic E-state index is 11.9. The van der Waals surface area contributed by atoms with Crippen molar-refractivity contribution in [3.8, 4) is 0 Å². The molecule has 1 fully saturated rings. The van der Waals surface area contributed by atoms with Crippen LogP contribution in [0.4, 0.5) is 0 Å². The summed E-state index contributed by atoms with van der Waals surface area (Å²) < 4.78 is 1.53. The summed E-state index contributed by atoms with van der Waals surface area (Å²) in [5.74, 6) is 1.71. The van der Waals surface area contributed by atoms with Gasteiger partial charge in [-0.3, -0.25) is 14.0 Å². The number of amides is 1. The van der Waals surface area contributed by atoms with Crippen LogP contribution in [0, 0.1) is 5.92 Å². The number of aromatic nitrogens is 2. The van der Waals surface area contributed by atoms with Gasteiger partial charge in [0.2, 0.25) is 5.91 Å². The summed E-state index contributed by atoms with van der Waals surface area (Å²) in [4.78, 5) is 28.8. The third-order valence-corrected chi connectivity index (χ3v) is 5.60. The van der Waals surface area contributed by atoms with Gasteiger partial charge in [0.1, 0.15) is 0 Å². The predicted octanol–water partition coefficient (Wildman–Crippen LogP) is 1.10. The quantitative estimate of drug-likeness (QED) is 0.781. The summed E-state index contributed by atoms with van der Waals surface area (Å²) in [7, 11) is 0. The molecule has 2 N–H and O–H groups in total. The van der Waals surface area contributed by atoms with Crippen LogP contribution in [0.2, 0.25) is 0 Å². The molecule has 1 aliphatic heterocycles. The maximum absolute atomic E-state index is 11.9. The first-order valence-electron chi connectivity index (χ1n) is 7.73. The lowest BCUT2D eigenvalue weighted by Gasteiger charge is -2.09. The highest BCUT2D eigenvalue weighted by Gasteiger charge is 2.14. The standard InChI is InChI=1S/C15H20N4O2S2/c20-13(17-4-2-11-1-3-16-8-11)10-22-9-12-7-14(21)19-5-6-23-15(19)18-12/h5-7,11,16H,1-4,8-10H2,(H,17,20). The summed E-state index contributed by atoms with van der Waals surface area (Å²) in [6, 6.07) is 1.54. The molecule has 3 rings (SSSR count). The fourth-order valence-corrected chi connectivity index (χ4v) is 4.12. The first-order valence-corrected chi connectivity index (χ1v) is 9.77. The van der Waals surface area contributed by atoms with Gasteiger partial charge in [0.05, 0.1) is 11.4 Å². The van der Waals surface area contributed by atoms with Crippen LogP contribution in [-0.2, 0) is 10.5 Å². The predicted molar refractivity (Wildman–Crippen MR) is 94.1 cm³/mol. The molecule has 2 aromatic rings. The van der Waals surface area contributed by atoms with E-state index in [1.165, 1.54) is 40.0 Å². The second-order valence-electron chi connectivity index (χ2n) is 5.63. The number of hydrogen-bond donors (Lipinski definition) is 2.